The van der Waals surface area contributed by atoms with E-state index in [-0.39, 0.29) is 18.7 Å². The van der Waals surface area contributed by atoms with E-state index in [2.05, 4.69) is 5.32 Å². The molecule has 2 N–H and O–H groups in total. The van der Waals surface area contributed by atoms with Crippen LogP contribution in [0.5, 0.6) is 0 Å². The lowest BCUT2D eigenvalue weighted by atomic mass is 10.2. The number of rotatable bonds is 3. The predicted molar refractivity (Wildman–Crippen MR) is 53.0 cm³/mol. The van der Waals surface area contributed by atoms with Crippen molar-refractivity contribution in [2.75, 3.05) is 6.61 Å². The van der Waals surface area contributed by atoms with Gasteiger partial charge in [0.25, 0.3) is 0 Å². The van der Waals surface area contributed by atoms with E-state index in [0.29, 0.717) is 5.92 Å². The van der Waals surface area contributed by atoms with Crippen molar-refractivity contribution >= 4 is 6.09 Å². The molecule has 2 atom stereocenters. The Labute approximate surface area is 84.6 Å². The van der Waals surface area contributed by atoms with Gasteiger partial charge in [-0.05, 0) is 39.5 Å². The van der Waals surface area contributed by atoms with Gasteiger partial charge in [-0.3, -0.25) is 0 Å². The number of alkyl carbamates (subject to hydrolysis) is 1. The average Bonchev–Trinajstić information content (AvgIpc) is 2.63. The molecule has 0 aromatic heterocycles. The second kappa shape index (κ2) is 4.17. The summed E-state index contributed by atoms with van der Waals surface area (Å²) in [7, 11) is 0. The summed E-state index contributed by atoms with van der Waals surface area (Å²) in [5.74, 6) is 0.438. The van der Waals surface area contributed by atoms with E-state index >= 15 is 0 Å². The molecule has 0 radical (unpaired) electrons. The number of carbonyl (C=O) groups excluding carboxylic acids is 1. The zero-order valence-electron chi connectivity index (χ0n) is 9.04. The van der Waals surface area contributed by atoms with Crippen molar-refractivity contribution in [3.05, 3.63) is 0 Å². The Kier molecular flexibility index (Phi) is 3.37. The molecule has 1 fully saturated rings. The predicted octanol–water partition coefficient (Wildman–Crippen LogP) is 1.28. The highest BCUT2D eigenvalue weighted by molar-refractivity contribution is 5.68. The zero-order valence-corrected chi connectivity index (χ0v) is 9.04. The molecule has 0 bridgehead atoms. The maximum Gasteiger partial charge on any atom is 0.407 e. The molecule has 4 nitrogen and oxygen atoms in total. The Hall–Kier alpha value is -0.770. The molecule has 1 amide bonds. The quantitative estimate of drug-likeness (QED) is 0.723. The molecule has 0 aliphatic heterocycles. The van der Waals surface area contributed by atoms with E-state index in [1.807, 2.05) is 20.8 Å². The molecule has 0 saturated heterocycles. The van der Waals surface area contributed by atoms with Crippen molar-refractivity contribution < 1.29 is 14.6 Å². The van der Waals surface area contributed by atoms with Crippen molar-refractivity contribution in [1.82, 2.24) is 5.32 Å². The number of ether oxygens (including phenoxy) is 1. The highest BCUT2D eigenvalue weighted by Crippen LogP contribution is 2.33. The molecular weight excluding hydrogens is 182 g/mol. The van der Waals surface area contributed by atoms with E-state index in [1.54, 1.807) is 0 Å². The van der Waals surface area contributed by atoms with Crippen LogP contribution in [0.25, 0.3) is 0 Å². The van der Waals surface area contributed by atoms with Crippen molar-refractivity contribution in [3.63, 3.8) is 0 Å². The molecule has 0 aromatic rings. The number of amides is 1. The van der Waals surface area contributed by atoms with E-state index in [0.717, 1.165) is 12.8 Å². The normalized spacial score (nSPS) is 25.7. The van der Waals surface area contributed by atoms with Crippen LogP contribution in [0, 0.1) is 5.92 Å². The SMILES string of the molecule is CC(C)(C)OC(=O)NC1CC1CCO. The zero-order chi connectivity index (χ0) is 10.8. The molecule has 1 saturated carbocycles. The van der Waals surface area contributed by atoms with Gasteiger partial charge in [0.2, 0.25) is 0 Å². The molecule has 14 heavy (non-hydrogen) atoms. The van der Waals surface area contributed by atoms with Gasteiger partial charge in [-0.25, -0.2) is 4.79 Å². The molecule has 0 spiro atoms. The summed E-state index contributed by atoms with van der Waals surface area (Å²) < 4.78 is 5.10. The van der Waals surface area contributed by atoms with Crippen LogP contribution >= 0.6 is 0 Å². The van der Waals surface area contributed by atoms with Crippen LogP contribution in [0.3, 0.4) is 0 Å². The first-order valence-corrected chi connectivity index (χ1v) is 5.03. The van der Waals surface area contributed by atoms with Gasteiger partial charge in [-0.2, -0.15) is 0 Å². The van der Waals surface area contributed by atoms with Crippen LogP contribution in [0.4, 0.5) is 4.79 Å². The Morgan fingerprint density at radius 1 is 1.57 bits per heavy atom. The van der Waals surface area contributed by atoms with Crippen molar-refractivity contribution in [1.29, 1.82) is 0 Å². The molecule has 1 rings (SSSR count). The minimum absolute atomic E-state index is 0.192. The maximum atomic E-state index is 11.3. The lowest BCUT2D eigenvalue weighted by Crippen LogP contribution is -2.34. The minimum atomic E-state index is -0.439. The fraction of sp³-hybridized carbons (Fsp3) is 0.900. The molecular formula is C10H19NO3. The highest BCUT2D eigenvalue weighted by atomic mass is 16.6. The third-order valence-electron chi connectivity index (χ3n) is 2.12. The van der Waals surface area contributed by atoms with Crippen LogP contribution in [-0.4, -0.2) is 29.4 Å². The molecule has 82 valence electrons. The molecule has 0 heterocycles. The summed E-state index contributed by atoms with van der Waals surface area (Å²) in [4.78, 5) is 11.3. The summed E-state index contributed by atoms with van der Waals surface area (Å²) in [5.41, 5.74) is -0.439. The fourth-order valence-corrected chi connectivity index (χ4v) is 1.37. The Morgan fingerprint density at radius 2 is 2.21 bits per heavy atom. The van der Waals surface area contributed by atoms with Crippen molar-refractivity contribution in [2.24, 2.45) is 5.92 Å². The molecule has 1 aliphatic carbocycles. The Balaban J connectivity index is 2.17. The smallest absolute Gasteiger partial charge is 0.407 e. The Bertz CT molecular complexity index is 210. The Morgan fingerprint density at radius 3 is 2.71 bits per heavy atom. The van der Waals surface area contributed by atoms with Crippen molar-refractivity contribution in [3.8, 4) is 0 Å². The van der Waals surface area contributed by atoms with E-state index in [1.165, 1.54) is 0 Å². The third-order valence-corrected chi connectivity index (χ3v) is 2.12. The van der Waals surface area contributed by atoms with Gasteiger partial charge < -0.3 is 15.2 Å². The number of nitrogens with one attached hydrogen (secondary N) is 1. The van der Waals surface area contributed by atoms with Gasteiger partial charge in [0.1, 0.15) is 5.60 Å². The lowest BCUT2D eigenvalue weighted by Gasteiger charge is -2.19. The van der Waals surface area contributed by atoms with Crippen LogP contribution in [-0.2, 0) is 4.74 Å². The first kappa shape index (κ1) is 11.3. The maximum absolute atomic E-state index is 11.3. The highest BCUT2D eigenvalue weighted by Gasteiger charge is 2.38. The van der Waals surface area contributed by atoms with Crippen molar-refractivity contribution in [2.45, 2.75) is 45.3 Å². The topological polar surface area (TPSA) is 58.6 Å². The summed E-state index contributed by atoms with van der Waals surface area (Å²) in [6.45, 7) is 5.71. The summed E-state index contributed by atoms with van der Waals surface area (Å²) in [5, 5.41) is 11.4. The number of carbonyl (C=O) groups is 1. The number of aliphatic hydroxyl groups is 1. The van der Waals surface area contributed by atoms with Gasteiger partial charge in [0.15, 0.2) is 0 Å². The van der Waals surface area contributed by atoms with Gasteiger partial charge in [0.05, 0.1) is 0 Å². The fourth-order valence-electron chi connectivity index (χ4n) is 1.37. The largest absolute Gasteiger partial charge is 0.444 e. The monoisotopic (exact) mass is 201 g/mol. The second-order valence-corrected chi connectivity index (χ2v) is 4.76. The van der Waals surface area contributed by atoms with Gasteiger partial charge >= 0.3 is 6.09 Å². The first-order valence-electron chi connectivity index (χ1n) is 5.03. The number of hydrogen-bond donors (Lipinski definition) is 2. The standard InChI is InChI=1S/C10H19NO3/c1-10(2,3)14-9(13)11-8-6-7(8)4-5-12/h7-8,12H,4-6H2,1-3H3,(H,11,13). The third kappa shape index (κ3) is 3.96. The number of hydrogen-bond acceptors (Lipinski definition) is 3. The summed E-state index contributed by atoms with van der Waals surface area (Å²) in [6, 6.07) is 0.206. The average molecular weight is 201 g/mol. The van der Waals surface area contributed by atoms with Gasteiger partial charge in [-0.1, -0.05) is 0 Å². The first-order chi connectivity index (χ1) is 6.42. The van der Waals surface area contributed by atoms with Crippen LogP contribution in [0.1, 0.15) is 33.6 Å². The molecule has 1 aliphatic rings. The van der Waals surface area contributed by atoms with Crippen LogP contribution in [0.15, 0.2) is 0 Å². The van der Waals surface area contributed by atoms with Gasteiger partial charge in [0, 0.05) is 12.6 Å². The minimum Gasteiger partial charge on any atom is -0.444 e. The van der Waals surface area contributed by atoms with E-state index in [4.69, 9.17) is 9.84 Å². The molecule has 4 heteroatoms. The van der Waals surface area contributed by atoms with Crippen LogP contribution in [0.2, 0.25) is 0 Å². The second-order valence-electron chi connectivity index (χ2n) is 4.76. The number of aliphatic hydroxyl groups excluding tert-OH is 1. The van der Waals surface area contributed by atoms with E-state index in [9.17, 15) is 4.79 Å². The summed E-state index contributed by atoms with van der Waals surface area (Å²) in [6.07, 6.45) is 1.36. The molecule has 0 aromatic carbocycles. The van der Waals surface area contributed by atoms with E-state index < -0.39 is 5.60 Å². The summed E-state index contributed by atoms with van der Waals surface area (Å²) >= 11 is 0. The lowest BCUT2D eigenvalue weighted by molar-refractivity contribution is 0.0520. The molecule has 2 unspecified atom stereocenters. The van der Waals surface area contributed by atoms with Crippen LogP contribution < -0.4 is 5.32 Å². The van der Waals surface area contributed by atoms with Gasteiger partial charge in [-0.15, -0.1) is 0 Å².